The van der Waals surface area contributed by atoms with Crippen molar-refractivity contribution in [1.82, 2.24) is 9.38 Å². The third kappa shape index (κ3) is 2.27. The lowest BCUT2D eigenvalue weighted by Gasteiger charge is -2.08. The molecule has 0 fully saturated rings. The number of rotatable bonds is 5. The van der Waals surface area contributed by atoms with E-state index in [1.54, 1.807) is 6.20 Å². The molecule has 0 unspecified atom stereocenters. The summed E-state index contributed by atoms with van der Waals surface area (Å²) in [4.78, 5) is 4.22. The summed E-state index contributed by atoms with van der Waals surface area (Å²) in [6.07, 6.45) is 3.74. The standard InChI is InChI=1S/C11H15N3O/c1-2-15-9-7-13-11-5-3-4-10-12-6-8-14(10)11/h3-6,8,13H,2,7,9H2,1H3. The Morgan fingerprint density at radius 3 is 3.27 bits per heavy atom. The molecule has 4 nitrogen and oxygen atoms in total. The fraction of sp³-hybridized carbons (Fsp3) is 0.364. The minimum absolute atomic E-state index is 0.724. The van der Waals surface area contributed by atoms with Gasteiger partial charge in [-0.3, -0.25) is 4.40 Å². The quantitative estimate of drug-likeness (QED) is 0.756. The Labute approximate surface area is 88.9 Å². The molecule has 0 radical (unpaired) electrons. The molecule has 0 spiro atoms. The van der Waals surface area contributed by atoms with Gasteiger partial charge in [0.05, 0.1) is 6.61 Å². The maximum Gasteiger partial charge on any atom is 0.138 e. The summed E-state index contributed by atoms with van der Waals surface area (Å²) in [5.74, 6) is 1.05. The highest BCUT2D eigenvalue weighted by Gasteiger charge is 1.98. The normalized spacial score (nSPS) is 10.7. The van der Waals surface area contributed by atoms with E-state index in [4.69, 9.17) is 4.74 Å². The Balaban J connectivity index is 2.04. The third-order valence-corrected chi connectivity index (χ3v) is 2.18. The first-order valence-electron chi connectivity index (χ1n) is 5.15. The van der Waals surface area contributed by atoms with Crippen LogP contribution in [0.25, 0.3) is 5.65 Å². The second-order valence-corrected chi connectivity index (χ2v) is 3.19. The molecule has 4 heteroatoms. The average molecular weight is 205 g/mol. The minimum atomic E-state index is 0.724. The Morgan fingerprint density at radius 2 is 2.40 bits per heavy atom. The van der Waals surface area contributed by atoms with Crippen molar-refractivity contribution in [3.63, 3.8) is 0 Å². The average Bonchev–Trinajstić information content (AvgIpc) is 2.73. The maximum atomic E-state index is 5.26. The lowest BCUT2D eigenvalue weighted by Crippen LogP contribution is -2.11. The number of imidazole rings is 1. The van der Waals surface area contributed by atoms with Gasteiger partial charge in [-0.1, -0.05) is 6.07 Å². The molecule has 80 valence electrons. The molecule has 2 heterocycles. The van der Waals surface area contributed by atoms with Gasteiger partial charge < -0.3 is 10.1 Å². The molecule has 0 atom stereocenters. The predicted octanol–water partition coefficient (Wildman–Crippen LogP) is 1.78. The number of hydrogen-bond acceptors (Lipinski definition) is 3. The predicted molar refractivity (Wildman–Crippen MR) is 60.2 cm³/mol. The molecule has 1 N–H and O–H groups in total. The van der Waals surface area contributed by atoms with Crippen LogP contribution in [-0.2, 0) is 4.74 Å². The van der Waals surface area contributed by atoms with Gasteiger partial charge in [-0.25, -0.2) is 4.98 Å². The summed E-state index contributed by atoms with van der Waals surface area (Å²) in [5.41, 5.74) is 0.955. The second kappa shape index (κ2) is 4.79. The highest BCUT2D eigenvalue weighted by molar-refractivity contribution is 5.49. The molecule has 0 saturated carbocycles. The van der Waals surface area contributed by atoms with Crippen LogP contribution in [0.4, 0.5) is 5.82 Å². The summed E-state index contributed by atoms with van der Waals surface area (Å²) in [7, 11) is 0. The SMILES string of the molecule is CCOCCNc1cccc2nccn12. The molecule has 0 aliphatic rings. The van der Waals surface area contributed by atoms with Gasteiger partial charge in [-0.05, 0) is 19.1 Å². The highest BCUT2D eigenvalue weighted by Crippen LogP contribution is 2.10. The summed E-state index contributed by atoms with van der Waals surface area (Å²) in [6, 6.07) is 6.00. The topological polar surface area (TPSA) is 38.6 Å². The van der Waals surface area contributed by atoms with E-state index in [2.05, 4.69) is 10.3 Å². The molecule has 2 rings (SSSR count). The smallest absolute Gasteiger partial charge is 0.138 e. The van der Waals surface area contributed by atoms with E-state index in [1.165, 1.54) is 0 Å². The van der Waals surface area contributed by atoms with Crippen LogP contribution in [0.3, 0.4) is 0 Å². The molecular weight excluding hydrogens is 190 g/mol. The fourth-order valence-corrected chi connectivity index (χ4v) is 1.49. The van der Waals surface area contributed by atoms with Crippen LogP contribution < -0.4 is 5.32 Å². The molecule has 2 aromatic rings. The van der Waals surface area contributed by atoms with Gasteiger partial charge in [-0.2, -0.15) is 0 Å². The van der Waals surface area contributed by atoms with Crippen LogP contribution in [0.15, 0.2) is 30.6 Å². The summed E-state index contributed by atoms with van der Waals surface area (Å²) >= 11 is 0. The Bertz CT molecular complexity index is 424. The van der Waals surface area contributed by atoms with E-state index in [-0.39, 0.29) is 0 Å². The van der Waals surface area contributed by atoms with Crippen molar-refractivity contribution in [2.24, 2.45) is 0 Å². The van der Waals surface area contributed by atoms with Crippen molar-refractivity contribution in [1.29, 1.82) is 0 Å². The fourth-order valence-electron chi connectivity index (χ4n) is 1.49. The number of anilines is 1. The second-order valence-electron chi connectivity index (χ2n) is 3.19. The number of ether oxygens (including phenoxy) is 1. The van der Waals surface area contributed by atoms with Crippen LogP contribution in [-0.4, -0.2) is 29.1 Å². The Kier molecular flexibility index (Phi) is 3.19. The number of fused-ring (bicyclic) bond motifs is 1. The first kappa shape index (κ1) is 9.98. The van der Waals surface area contributed by atoms with E-state index in [0.717, 1.165) is 31.2 Å². The zero-order valence-corrected chi connectivity index (χ0v) is 8.81. The van der Waals surface area contributed by atoms with Crippen molar-refractivity contribution >= 4 is 11.5 Å². The lowest BCUT2D eigenvalue weighted by atomic mass is 10.4. The zero-order chi connectivity index (χ0) is 10.5. The van der Waals surface area contributed by atoms with E-state index in [0.29, 0.717) is 0 Å². The molecule has 0 aliphatic carbocycles. The largest absolute Gasteiger partial charge is 0.380 e. The third-order valence-electron chi connectivity index (χ3n) is 2.18. The van der Waals surface area contributed by atoms with Gasteiger partial charge in [0, 0.05) is 25.5 Å². The zero-order valence-electron chi connectivity index (χ0n) is 8.81. The Hall–Kier alpha value is -1.55. The number of nitrogens with one attached hydrogen (secondary N) is 1. The number of pyridine rings is 1. The van der Waals surface area contributed by atoms with Crippen molar-refractivity contribution in [3.05, 3.63) is 30.6 Å². The van der Waals surface area contributed by atoms with Crippen molar-refractivity contribution in [3.8, 4) is 0 Å². The van der Waals surface area contributed by atoms with Gasteiger partial charge in [-0.15, -0.1) is 0 Å². The number of nitrogens with zero attached hydrogens (tertiary/aromatic N) is 2. The first-order chi connectivity index (χ1) is 7.42. The van der Waals surface area contributed by atoms with Crippen LogP contribution in [0, 0.1) is 0 Å². The van der Waals surface area contributed by atoms with Crippen LogP contribution in [0.1, 0.15) is 6.92 Å². The van der Waals surface area contributed by atoms with Crippen molar-refractivity contribution < 1.29 is 4.74 Å². The molecule has 0 aliphatic heterocycles. The number of aromatic nitrogens is 2. The molecule has 0 bridgehead atoms. The molecule has 0 saturated heterocycles. The van der Waals surface area contributed by atoms with E-state index >= 15 is 0 Å². The van der Waals surface area contributed by atoms with Crippen molar-refractivity contribution in [2.45, 2.75) is 6.92 Å². The van der Waals surface area contributed by atoms with Gasteiger partial charge in [0.2, 0.25) is 0 Å². The monoisotopic (exact) mass is 205 g/mol. The lowest BCUT2D eigenvalue weighted by molar-refractivity contribution is 0.158. The minimum Gasteiger partial charge on any atom is -0.380 e. The molecular formula is C11H15N3O. The van der Waals surface area contributed by atoms with Crippen LogP contribution >= 0.6 is 0 Å². The first-order valence-corrected chi connectivity index (χ1v) is 5.15. The summed E-state index contributed by atoms with van der Waals surface area (Å²) in [5, 5.41) is 3.31. The summed E-state index contributed by atoms with van der Waals surface area (Å²) in [6.45, 7) is 4.29. The molecule has 0 amide bonds. The molecule has 2 aromatic heterocycles. The van der Waals surface area contributed by atoms with E-state index in [9.17, 15) is 0 Å². The van der Waals surface area contributed by atoms with E-state index in [1.807, 2.05) is 35.7 Å². The molecule has 15 heavy (non-hydrogen) atoms. The summed E-state index contributed by atoms with van der Waals surface area (Å²) < 4.78 is 7.28. The number of hydrogen-bond donors (Lipinski definition) is 1. The Morgan fingerprint density at radius 1 is 1.47 bits per heavy atom. The maximum absolute atomic E-state index is 5.26. The highest BCUT2D eigenvalue weighted by atomic mass is 16.5. The molecule has 0 aromatic carbocycles. The van der Waals surface area contributed by atoms with E-state index < -0.39 is 0 Å². The van der Waals surface area contributed by atoms with Gasteiger partial charge in [0.15, 0.2) is 0 Å². The van der Waals surface area contributed by atoms with Crippen molar-refractivity contribution in [2.75, 3.05) is 25.1 Å². The van der Waals surface area contributed by atoms with Gasteiger partial charge in [0.1, 0.15) is 11.5 Å². The van der Waals surface area contributed by atoms with Gasteiger partial charge in [0.25, 0.3) is 0 Å². The van der Waals surface area contributed by atoms with Crippen LogP contribution in [0.5, 0.6) is 0 Å². The van der Waals surface area contributed by atoms with Gasteiger partial charge >= 0.3 is 0 Å². The van der Waals surface area contributed by atoms with Crippen LogP contribution in [0.2, 0.25) is 0 Å².